The largest absolute Gasteiger partial charge is 0.377 e. The molecule has 0 bridgehead atoms. The van der Waals surface area contributed by atoms with Gasteiger partial charge in [0.15, 0.2) is 0 Å². The summed E-state index contributed by atoms with van der Waals surface area (Å²) in [5, 5.41) is 0. The number of hydrogen-bond acceptors (Lipinski definition) is 2. The average molecular weight is 193 g/mol. The first-order valence-corrected chi connectivity index (χ1v) is 5.14. The van der Waals surface area contributed by atoms with Crippen LogP contribution < -0.4 is 5.73 Å². The van der Waals surface area contributed by atoms with Gasteiger partial charge in [-0.05, 0) is 24.4 Å². The molecule has 1 rings (SSSR count). The number of hydrogen-bond donors (Lipinski definition) is 1. The summed E-state index contributed by atoms with van der Waals surface area (Å²) in [5.41, 5.74) is 6.74. The lowest BCUT2D eigenvalue weighted by atomic mass is 10.1. The maximum absolute atomic E-state index is 5.54. The predicted molar refractivity (Wildman–Crippen MR) is 58.9 cm³/mol. The zero-order valence-electron chi connectivity index (χ0n) is 8.78. The minimum Gasteiger partial charge on any atom is -0.377 e. The first-order valence-electron chi connectivity index (χ1n) is 5.14. The van der Waals surface area contributed by atoms with E-state index in [0.29, 0.717) is 12.5 Å². The van der Waals surface area contributed by atoms with E-state index < -0.39 is 0 Å². The van der Waals surface area contributed by atoms with E-state index in [2.05, 4.69) is 19.1 Å². The van der Waals surface area contributed by atoms with Gasteiger partial charge >= 0.3 is 0 Å². The van der Waals surface area contributed by atoms with Crippen molar-refractivity contribution in [2.24, 2.45) is 11.7 Å². The van der Waals surface area contributed by atoms with Gasteiger partial charge in [-0.25, -0.2) is 0 Å². The molecule has 0 saturated carbocycles. The summed E-state index contributed by atoms with van der Waals surface area (Å²) in [7, 11) is 0. The van der Waals surface area contributed by atoms with E-state index in [1.807, 2.05) is 18.2 Å². The van der Waals surface area contributed by atoms with Crippen molar-refractivity contribution >= 4 is 0 Å². The van der Waals surface area contributed by atoms with Crippen molar-refractivity contribution in [1.29, 1.82) is 0 Å². The molecule has 0 saturated heterocycles. The zero-order valence-corrected chi connectivity index (χ0v) is 8.78. The molecule has 0 spiro atoms. The Bertz CT molecular complexity index is 235. The minimum absolute atomic E-state index is 0.561. The molecule has 1 atom stereocenters. The Morgan fingerprint density at radius 3 is 2.64 bits per heavy atom. The molecule has 0 fully saturated rings. The lowest BCUT2D eigenvalue weighted by Crippen LogP contribution is -2.12. The van der Waals surface area contributed by atoms with E-state index >= 15 is 0 Å². The van der Waals surface area contributed by atoms with Gasteiger partial charge in [0.1, 0.15) is 0 Å². The Kier molecular flexibility index (Phi) is 5.27. The molecule has 2 heteroatoms. The van der Waals surface area contributed by atoms with Crippen LogP contribution in [0.2, 0.25) is 0 Å². The predicted octanol–water partition coefficient (Wildman–Crippen LogP) is 2.19. The van der Waals surface area contributed by atoms with E-state index in [0.717, 1.165) is 19.6 Å². The van der Waals surface area contributed by atoms with Crippen molar-refractivity contribution in [2.45, 2.75) is 20.0 Å². The van der Waals surface area contributed by atoms with Crippen LogP contribution in [0.15, 0.2) is 30.3 Å². The molecular weight excluding hydrogens is 174 g/mol. The summed E-state index contributed by atoms with van der Waals surface area (Å²) in [6.07, 6.45) is 1.04. The molecule has 1 aromatic carbocycles. The first-order chi connectivity index (χ1) is 6.83. The lowest BCUT2D eigenvalue weighted by molar-refractivity contribution is 0.110. The molecule has 1 aromatic rings. The van der Waals surface area contributed by atoms with Crippen LogP contribution in [0.25, 0.3) is 0 Å². The molecule has 0 aliphatic carbocycles. The fraction of sp³-hybridized carbons (Fsp3) is 0.500. The highest BCUT2D eigenvalue weighted by Gasteiger charge is 1.98. The molecule has 0 aliphatic rings. The standard InChI is InChI=1S/C12H19NO/c1-11(9-13)7-8-14-10-12-5-3-2-4-6-12/h2-6,11H,7-10,13H2,1H3. The van der Waals surface area contributed by atoms with Crippen LogP contribution in [0.3, 0.4) is 0 Å². The number of nitrogens with two attached hydrogens (primary N) is 1. The van der Waals surface area contributed by atoms with Gasteiger partial charge < -0.3 is 10.5 Å². The van der Waals surface area contributed by atoms with Crippen LogP contribution in [0.4, 0.5) is 0 Å². The third kappa shape index (κ3) is 4.40. The lowest BCUT2D eigenvalue weighted by Gasteiger charge is -2.08. The topological polar surface area (TPSA) is 35.2 Å². The third-order valence-corrected chi connectivity index (χ3v) is 2.27. The second-order valence-electron chi connectivity index (χ2n) is 3.67. The van der Waals surface area contributed by atoms with Gasteiger partial charge in [-0.3, -0.25) is 0 Å². The molecule has 0 amide bonds. The van der Waals surface area contributed by atoms with Crippen molar-refractivity contribution in [2.75, 3.05) is 13.2 Å². The van der Waals surface area contributed by atoms with Crippen LogP contribution in [0.5, 0.6) is 0 Å². The molecule has 1 unspecified atom stereocenters. The Morgan fingerprint density at radius 1 is 1.29 bits per heavy atom. The van der Waals surface area contributed by atoms with Gasteiger partial charge in [-0.15, -0.1) is 0 Å². The van der Waals surface area contributed by atoms with Crippen LogP contribution in [-0.2, 0) is 11.3 Å². The van der Waals surface area contributed by atoms with E-state index in [9.17, 15) is 0 Å². The number of rotatable bonds is 6. The molecule has 78 valence electrons. The Morgan fingerprint density at radius 2 is 2.00 bits per heavy atom. The van der Waals surface area contributed by atoms with E-state index in [1.165, 1.54) is 5.56 Å². The fourth-order valence-corrected chi connectivity index (χ4v) is 1.17. The molecule has 0 heterocycles. The summed E-state index contributed by atoms with van der Waals surface area (Å²) in [4.78, 5) is 0. The van der Waals surface area contributed by atoms with Crippen molar-refractivity contribution in [3.63, 3.8) is 0 Å². The number of ether oxygens (including phenoxy) is 1. The fourth-order valence-electron chi connectivity index (χ4n) is 1.17. The Balaban J connectivity index is 2.10. The van der Waals surface area contributed by atoms with Crippen molar-refractivity contribution in [3.8, 4) is 0 Å². The van der Waals surface area contributed by atoms with Gasteiger partial charge in [-0.1, -0.05) is 37.3 Å². The maximum Gasteiger partial charge on any atom is 0.0716 e. The van der Waals surface area contributed by atoms with Gasteiger partial charge in [0, 0.05) is 6.61 Å². The SMILES string of the molecule is CC(CN)CCOCc1ccccc1. The summed E-state index contributed by atoms with van der Waals surface area (Å²) >= 11 is 0. The van der Waals surface area contributed by atoms with Crippen molar-refractivity contribution in [1.82, 2.24) is 0 Å². The normalized spacial score (nSPS) is 12.7. The van der Waals surface area contributed by atoms with Gasteiger partial charge in [0.2, 0.25) is 0 Å². The molecule has 0 aromatic heterocycles. The quantitative estimate of drug-likeness (QED) is 0.703. The third-order valence-electron chi connectivity index (χ3n) is 2.27. The Hall–Kier alpha value is -0.860. The second-order valence-corrected chi connectivity index (χ2v) is 3.67. The summed E-state index contributed by atoms with van der Waals surface area (Å²) < 4.78 is 5.54. The van der Waals surface area contributed by atoms with E-state index in [-0.39, 0.29) is 0 Å². The molecule has 2 N–H and O–H groups in total. The zero-order chi connectivity index (χ0) is 10.2. The van der Waals surface area contributed by atoms with Crippen LogP contribution >= 0.6 is 0 Å². The minimum atomic E-state index is 0.561. The highest BCUT2D eigenvalue weighted by atomic mass is 16.5. The van der Waals surface area contributed by atoms with Crippen LogP contribution in [0, 0.1) is 5.92 Å². The van der Waals surface area contributed by atoms with Crippen molar-refractivity contribution in [3.05, 3.63) is 35.9 Å². The van der Waals surface area contributed by atoms with E-state index in [4.69, 9.17) is 10.5 Å². The second kappa shape index (κ2) is 6.57. The Labute approximate surface area is 86.1 Å². The smallest absolute Gasteiger partial charge is 0.0716 e. The summed E-state index contributed by atoms with van der Waals surface area (Å²) in [5.74, 6) is 0.561. The molecule has 14 heavy (non-hydrogen) atoms. The van der Waals surface area contributed by atoms with Gasteiger partial charge in [-0.2, -0.15) is 0 Å². The number of benzene rings is 1. The maximum atomic E-state index is 5.54. The van der Waals surface area contributed by atoms with Crippen molar-refractivity contribution < 1.29 is 4.74 Å². The molecule has 0 radical (unpaired) electrons. The van der Waals surface area contributed by atoms with Crippen LogP contribution in [0.1, 0.15) is 18.9 Å². The molecule has 2 nitrogen and oxygen atoms in total. The van der Waals surface area contributed by atoms with Gasteiger partial charge in [0.05, 0.1) is 6.61 Å². The average Bonchev–Trinajstić information content (AvgIpc) is 2.25. The van der Waals surface area contributed by atoms with Gasteiger partial charge in [0.25, 0.3) is 0 Å². The molecule has 0 aliphatic heterocycles. The molecular formula is C12H19NO. The van der Waals surface area contributed by atoms with E-state index in [1.54, 1.807) is 0 Å². The highest BCUT2D eigenvalue weighted by Crippen LogP contribution is 2.03. The summed E-state index contributed by atoms with van der Waals surface area (Å²) in [6.45, 7) is 4.39. The summed E-state index contributed by atoms with van der Waals surface area (Å²) in [6, 6.07) is 10.2. The first kappa shape index (κ1) is 11.2. The van der Waals surface area contributed by atoms with Crippen LogP contribution in [-0.4, -0.2) is 13.2 Å². The monoisotopic (exact) mass is 193 g/mol. The highest BCUT2D eigenvalue weighted by molar-refractivity contribution is 5.13.